The fourth-order valence-electron chi connectivity index (χ4n) is 3.49. The van der Waals surface area contributed by atoms with Gasteiger partial charge in [-0.05, 0) is 31.2 Å². The van der Waals surface area contributed by atoms with Crippen molar-refractivity contribution < 1.29 is 17.9 Å². The molecule has 0 aliphatic carbocycles. The predicted octanol–water partition coefficient (Wildman–Crippen LogP) is 2.62. The molecule has 11 heteroatoms. The van der Waals surface area contributed by atoms with Crippen LogP contribution in [0.2, 0.25) is 0 Å². The summed E-state index contributed by atoms with van der Waals surface area (Å²) in [7, 11) is -2.19. The molecule has 0 atom stereocenters. The third kappa shape index (κ3) is 4.59. The zero-order valence-electron chi connectivity index (χ0n) is 17.7. The number of hydrogen-bond acceptors (Lipinski definition) is 8. The van der Waals surface area contributed by atoms with Crippen LogP contribution in [0.3, 0.4) is 0 Å². The van der Waals surface area contributed by atoms with E-state index in [-0.39, 0.29) is 15.4 Å². The highest BCUT2D eigenvalue weighted by atomic mass is 32.2. The minimum absolute atomic E-state index is 0.136. The number of anilines is 2. The molecule has 2 aromatic carbocycles. The van der Waals surface area contributed by atoms with Gasteiger partial charge in [-0.25, -0.2) is 8.42 Å². The highest BCUT2D eigenvalue weighted by Gasteiger charge is 2.32. The molecule has 1 saturated heterocycles. The maximum atomic E-state index is 13.0. The van der Waals surface area contributed by atoms with Crippen molar-refractivity contribution in [2.24, 2.45) is 0 Å². The van der Waals surface area contributed by atoms with E-state index >= 15 is 0 Å². The fourth-order valence-corrected chi connectivity index (χ4v) is 5.95. The maximum absolute atomic E-state index is 13.0. The molecule has 1 amide bonds. The first-order valence-corrected chi connectivity index (χ1v) is 12.2. The van der Waals surface area contributed by atoms with Gasteiger partial charge >= 0.3 is 0 Å². The van der Waals surface area contributed by atoms with Gasteiger partial charge in [-0.15, -0.1) is 10.2 Å². The van der Waals surface area contributed by atoms with E-state index in [9.17, 15) is 13.2 Å². The van der Waals surface area contributed by atoms with Crippen molar-refractivity contribution >= 4 is 38.1 Å². The topological polar surface area (TPSA) is 105 Å². The molecule has 1 fully saturated rings. The van der Waals surface area contributed by atoms with E-state index in [1.54, 1.807) is 25.3 Å². The number of rotatable bonds is 6. The van der Waals surface area contributed by atoms with Crippen molar-refractivity contribution in [1.82, 2.24) is 14.5 Å². The predicted molar refractivity (Wildman–Crippen MR) is 123 cm³/mol. The Kier molecular flexibility index (Phi) is 6.40. The highest BCUT2D eigenvalue weighted by molar-refractivity contribution is 7.91. The molecular weight excluding hydrogens is 450 g/mol. The third-order valence-corrected chi connectivity index (χ3v) is 8.22. The maximum Gasteiger partial charge on any atom is 0.272 e. The van der Waals surface area contributed by atoms with Crippen LogP contribution in [-0.4, -0.2) is 62.1 Å². The lowest BCUT2D eigenvalue weighted by molar-refractivity contribution is 0.102. The number of nitrogens with one attached hydrogen (secondary N) is 1. The molecule has 4 rings (SSSR count). The molecule has 0 unspecified atom stereocenters. The first-order valence-electron chi connectivity index (χ1n) is 9.98. The largest absolute Gasteiger partial charge is 0.495 e. The Hall–Kier alpha value is -3.02. The quantitative estimate of drug-likeness (QED) is 0.549. The van der Waals surface area contributed by atoms with E-state index in [1.165, 1.54) is 4.31 Å². The first-order chi connectivity index (χ1) is 15.4. The second kappa shape index (κ2) is 9.23. The van der Waals surface area contributed by atoms with Crippen molar-refractivity contribution in [2.75, 3.05) is 43.5 Å². The molecule has 3 aromatic rings. The molecule has 32 heavy (non-hydrogen) atoms. The third-order valence-electron chi connectivity index (χ3n) is 5.13. The Bertz CT molecular complexity index is 1220. The number of aryl methyl sites for hydroxylation is 1. The Labute approximate surface area is 190 Å². The van der Waals surface area contributed by atoms with Gasteiger partial charge in [-0.1, -0.05) is 41.2 Å². The van der Waals surface area contributed by atoms with E-state index in [0.29, 0.717) is 31.7 Å². The van der Waals surface area contributed by atoms with Crippen molar-refractivity contribution in [3.63, 3.8) is 0 Å². The number of nitrogens with zero attached hydrogens (tertiary/aromatic N) is 4. The number of sulfonamides is 1. The lowest BCUT2D eigenvalue weighted by Crippen LogP contribution is -2.48. The minimum Gasteiger partial charge on any atom is -0.495 e. The number of piperazine rings is 1. The summed E-state index contributed by atoms with van der Waals surface area (Å²) in [6.07, 6.45) is 0. The zero-order chi connectivity index (χ0) is 22.7. The molecule has 1 aliphatic rings. The number of aromatic nitrogens is 2. The molecule has 1 N–H and O–H groups in total. The summed E-state index contributed by atoms with van der Waals surface area (Å²) in [4.78, 5) is 14.5. The minimum atomic E-state index is -3.80. The van der Waals surface area contributed by atoms with Gasteiger partial charge < -0.3 is 9.64 Å². The molecule has 9 nitrogen and oxygen atoms in total. The standard InChI is InChI=1S/C21H23N5O4S2/c1-15-6-5-7-16(14-15)19(27)22-20-23-24-21(31-20)32(28,29)26-12-10-25(11-13-26)17-8-3-4-9-18(17)30-2/h3-9,14H,10-13H2,1-2H3,(H,22,23,27). The molecule has 0 bridgehead atoms. The lowest BCUT2D eigenvalue weighted by Gasteiger charge is -2.35. The summed E-state index contributed by atoms with van der Waals surface area (Å²) < 4.78 is 32.8. The number of amides is 1. The molecule has 0 radical (unpaired) electrons. The SMILES string of the molecule is COc1ccccc1N1CCN(S(=O)(=O)c2nnc(NC(=O)c3cccc(C)c3)s2)CC1. The van der Waals surface area contributed by atoms with Crippen molar-refractivity contribution in [2.45, 2.75) is 11.3 Å². The molecule has 1 aromatic heterocycles. The first kappa shape index (κ1) is 22.2. The lowest BCUT2D eigenvalue weighted by atomic mass is 10.1. The number of ether oxygens (including phenoxy) is 1. The van der Waals surface area contributed by atoms with Gasteiger partial charge in [0.15, 0.2) is 0 Å². The number of carbonyl (C=O) groups excluding carboxylic acids is 1. The number of hydrogen-bond donors (Lipinski definition) is 1. The van der Waals surface area contributed by atoms with Gasteiger partial charge in [0.25, 0.3) is 15.9 Å². The molecule has 2 heterocycles. The van der Waals surface area contributed by atoms with Gasteiger partial charge in [0.05, 0.1) is 12.8 Å². The number of benzene rings is 2. The second-order valence-electron chi connectivity index (χ2n) is 7.26. The van der Waals surface area contributed by atoms with E-state index in [4.69, 9.17) is 4.74 Å². The van der Waals surface area contributed by atoms with Crippen LogP contribution in [0.1, 0.15) is 15.9 Å². The van der Waals surface area contributed by atoms with Gasteiger partial charge in [0.1, 0.15) is 5.75 Å². The average Bonchev–Trinajstić information content (AvgIpc) is 3.28. The van der Waals surface area contributed by atoms with Crippen LogP contribution < -0.4 is 15.0 Å². The van der Waals surface area contributed by atoms with Crippen molar-refractivity contribution in [1.29, 1.82) is 0 Å². The molecule has 168 valence electrons. The smallest absolute Gasteiger partial charge is 0.272 e. The van der Waals surface area contributed by atoms with Crippen LogP contribution in [0.25, 0.3) is 0 Å². The van der Waals surface area contributed by atoms with E-state index in [1.807, 2.05) is 37.3 Å². The molecule has 0 saturated carbocycles. The summed E-state index contributed by atoms with van der Waals surface area (Å²) >= 11 is 0.847. The van der Waals surface area contributed by atoms with Crippen LogP contribution in [0.5, 0.6) is 5.75 Å². The van der Waals surface area contributed by atoms with E-state index in [0.717, 1.165) is 28.3 Å². The number of para-hydroxylation sites is 2. The highest BCUT2D eigenvalue weighted by Crippen LogP contribution is 2.30. The Morgan fingerprint density at radius 2 is 1.81 bits per heavy atom. The summed E-state index contributed by atoms with van der Waals surface area (Å²) in [6.45, 7) is 3.56. The van der Waals surface area contributed by atoms with Crippen LogP contribution >= 0.6 is 11.3 Å². The Morgan fingerprint density at radius 3 is 2.53 bits per heavy atom. The summed E-state index contributed by atoms with van der Waals surface area (Å²) in [5.41, 5.74) is 2.35. The van der Waals surface area contributed by atoms with Gasteiger partial charge in [-0.3, -0.25) is 10.1 Å². The Balaban J connectivity index is 1.42. The number of methoxy groups -OCH3 is 1. The number of carbonyl (C=O) groups is 1. The van der Waals surface area contributed by atoms with Gasteiger partial charge in [-0.2, -0.15) is 4.31 Å². The van der Waals surface area contributed by atoms with E-state index in [2.05, 4.69) is 20.4 Å². The van der Waals surface area contributed by atoms with Crippen LogP contribution in [0.15, 0.2) is 52.9 Å². The normalized spacial score (nSPS) is 14.9. The molecular formula is C21H23N5O4S2. The summed E-state index contributed by atoms with van der Waals surface area (Å²) in [5.74, 6) is 0.390. The van der Waals surface area contributed by atoms with Gasteiger partial charge in [0.2, 0.25) is 9.47 Å². The second-order valence-corrected chi connectivity index (χ2v) is 10.3. The summed E-state index contributed by atoms with van der Waals surface area (Å²) in [5, 5.41) is 10.4. The average molecular weight is 474 g/mol. The van der Waals surface area contributed by atoms with Crippen LogP contribution in [0.4, 0.5) is 10.8 Å². The molecule has 0 spiro atoms. The van der Waals surface area contributed by atoms with Crippen molar-refractivity contribution in [3.05, 3.63) is 59.7 Å². The Morgan fingerprint density at radius 1 is 1.06 bits per heavy atom. The molecule has 1 aliphatic heterocycles. The van der Waals surface area contributed by atoms with Crippen LogP contribution in [0, 0.1) is 6.92 Å². The van der Waals surface area contributed by atoms with E-state index < -0.39 is 10.0 Å². The van der Waals surface area contributed by atoms with Gasteiger partial charge in [0, 0.05) is 31.7 Å². The summed E-state index contributed by atoms with van der Waals surface area (Å²) in [6, 6.07) is 14.8. The fraction of sp³-hybridized carbons (Fsp3) is 0.286. The van der Waals surface area contributed by atoms with Crippen molar-refractivity contribution in [3.8, 4) is 5.75 Å². The van der Waals surface area contributed by atoms with Crippen LogP contribution in [-0.2, 0) is 10.0 Å². The monoisotopic (exact) mass is 473 g/mol. The zero-order valence-corrected chi connectivity index (χ0v) is 19.3.